The van der Waals surface area contributed by atoms with Crippen molar-refractivity contribution in [1.82, 2.24) is 15.5 Å². The fraction of sp³-hybridized carbons (Fsp3) is 0.923. The number of nitrogens with zero attached hydrogens (tertiary/aromatic N) is 1. The highest BCUT2D eigenvalue weighted by Crippen LogP contribution is 2.38. The van der Waals surface area contributed by atoms with E-state index in [-0.39, 0.29) is 0 Å². The van der Waals surface area contributed by atoms with Crippen molar-refractivity contribution < 1.29 is 4.79 Å². The van der Waals surface area contributed by atoms with Crippen LogP contribution in [0.5, 0.6) is 0 Å². The van der Waals surface area contributed by atoms with Gasteiger partial charge in [-0.25, -0.2) is 0 Å². The van der Waals surface area contributed by atoms with Crippen LogP contribution >= 0.6 is 0 Å². The van der Waals surface area contributed by atoms with Crippen molar-refractivity contribution in [3.63, 3.8) is 0 Å². The van der Waals surface area contributed by atoms with Crippen molar-refractivity contribution in [3.8, 4) is 0 Å². The molecule has 4 heteroatoms. The average Bonchev–Trinajstić information content (AvgIpc) is 2.88. The lowest BCUT2D eigenvalue weighted by atomic mass is 9.79. The molecule has 3 fully saturated rings. The Hall–Kier alpha value is -0.610. The number of carbonyl (C=O) groups is 1. The molecule has 2 aliphatic heterocycles. The molecule has 0 aromatic heterocycles. The number of hydrogen-bond acceptors (Lipinski definition) is 3. The van der Waals surface area contributed by atoms with Crippen LogP contribution < -0.4 is 10.6 Å². The van der Waals surface area contributed by atoms with Crippen molar-refractivity contribution in [2.75, 3.05) is 33.2 Å². The molecule has 1 spiro atoms. The molecular weight excluding hydrogens is 214 g/mol. The van der Waals surface area contributed by atoms with Gasteiger partial charge < -0.3 is 15.5 Å². The molecule has 1 atom stereocenters. The molecule has 0 aromatic carbocycles. The Morgan fingerprint density at radius 3 is 2.88 bits per heavy atom. The Balaban J connectivity index is 1.54. The predicted molar refractivity (Wildman–Crippen MR) is 66.7 cm³/mol. The molecule has 2 heterocycles. The van der Waals surface area contributed by atoms with Gasteiger partial charge in [-0.15, -0.1) is 0 Å². The van der Waals surface area contributed by atoms with Crippen LogP contribution in [0.25, 0.3) is 0 Å². The minimum absolute atomic E-state index is 0.303. The second kappa shape index (κ2) is 4.25. The van der Waals surface area contributed by atoms with Crippen LogP contribution in [0.1, 0.15) is 25.7 Å². The van der Waals surface area contributed by atoms with Crippen LogP contribution in [0, 0.1) is 11.3 Å². The molecule has 1 saturated carbocycles. The summed E-state index contributed by atoms with van der Waals surface area (Å²) in [5, 5.41) is 6.68. The third-order valence-corrected chi connectivity index (χ3v) is 4.98. The van der Waals surface area contributed by atoms with Gasteiger partial charge in [-0.2, -0.15) is 0 Å². The molecule has 3 aliphatic rings. The highest BCUT2D eigenvalue weighted by atomic mass is 16.2. The van der Waals surface area contributed by atoms with Gasteiger partial charge in [-0.1, -0.05) is 0 Å². The summed E-state index contributed by atoms with van der Waals surface area (Å²) in [6.45, 7) is 4.23. The smallest absolute Gasteiger partial charge is 0.225 e. The van der Waals surface area contributed by atoms with Gasteiger partial charge in [0.05, 0.1) is 0 Å². The summed E-state index contributed by atoms with van der Waals surface area (Å²) in [5.41, 5.74) is 0.418. The molecule has 4 nitrogen and oxygen atoms in total. The van der Waals surface area contributed by atoms with E-state index in [1.165, 1.54) is 12.8 Å². The third-order valence-electron chi connectivity index (χ3n) is 4.98. The Morgan fingerprint density at radius 1 is 1.41 bits per heavy atom. The first-order valence-electron chi connectivity index (χ1n) is 6.89. The van der Waals surface area contributed by atoms with E-state index in [4.69, 9.17) is 0 Å². The van der Waals surface area contributed by atoms with E-state index in [1.807, 2.05) is 7.05 Å². The quantitative estimate of drug-likeness (QED) is 0.721. The zero-order chi connectivity index (χ0) is 11.9. The Bertz CT molecular complexity index is 306. The number of carbonyl (C=O) groups excluding carboxylic acids is 1. The van der Waals surface area contributed by atoms with Crippen LogP contribution in [0.3, 0.4) is 0 Å². The third kappa shape index (κ3) is 1.97. The van der Waals surface area contributed by atoms with E-state index in [0.29, 0.717) is 23.3 Å². The first-order chi connectivity index (χ1) is 8.22. The fourth-order valence-electron chi connectivity index (χ4n) is 3.58. The molecule has 1 aliphatic carbocycles. The van der Waals surface area contributed by atoms with Gasteiger partial charge in [0, 0.05) is 37.0 Å². The second-order valence-electron chi connectivity index (χ2n) is 6.09. The van der Waals surface area contributed by atoms with Gasteiger partial charge in [-0.3, -0.25) is 4.79 Å². The number of hydrogen-bond donors (Lipinski definition) is 2. The van der Waals surface area contributed by atoms with E-state index in [0.717, 1.165) is 39.0 Å². The van der Waals surface area contributed by atoms with Crippen LogP contribution in [0.15, 0.2) is 0 Å². The minimum atomic E-state index is 0.303. The standard InChI is InChI=1S/C13H23N3O/c1-14-11-6-10(7-11)12(17)16-5-3-13(9-16)2-4-15-8-13/h10-11,14-15H,2-9H2,1H3. The van der Waals surface area contributed by atoms with E-state index in [1.54, 1.807) is 0 Å². The number of amides is 1. The maximum Gasteiger partial charge on any atom is 0.225 e. The number of rotatable bonds is 2. The molecule has 2 N–H and O–H groups in total. The lowest BCUT2D eigenvalue weighted by Crippen LogP contribution is -2.47. The predicted octanol–water partition coefficient (Wildman–Crippen LogP) is 0.196. The largest absolute Gasteiger partial charge is 0.342 e. The molecule has 0 radical (unpaired) electrons. The highest BCUT2D eigenvalue weighted by Gasteiger charge is 2.44. The van der Waals surface area contributed by atoms with Crippen LogP contribution in [0.2, 0.25) is 0 Å². The van der Waals surface area contributed by atoms with Crippen LogP contribution in [-0.2, 0) is 4.79 Å². The molecule has 1 amide bonds. The van der Waals surface area contributed by atoms with Crippen LogP contribution in [0.4, 0.5) is 0 Å². The molecule has 96 valence electrons. The summed E-state index contributed by atoms with van der Waals surface area (Å²) in [5.74, 6) is 0.720. The fourth-order valence-corrected chi connectivity index (χ4v) is 3.58. The molecule has 17 heavy (non-hydrogen) atoms. The van der Waals surface area contributed by atoms with Crippen LogP contribution in [-0.4, -0.2) is 50.1 Å². The monoisotopic (exact) mass is 237 g/mol. The van der Waals surface area contributed by atoms with Crippen molar-refractivity contribution in [1.29, 1.82) is 0 Å². The zero-order valence-corrected chi connectivity index (χ0v) is 10.7. The van der Waals surface area contributed by atoms with Crippen molar-refractivity contribution >= 4 is 5.91 Å². The van der Waals surface area contributed by atoms with Crippen molar-refractivity contribution in [3.05, 3.63) is 0 Å². The zero-order valence-electron chi connectivity index (χ0n) is 10.7. The lowest BCUT2D eigenvalue weighted by molar-refractivity contribution is -0.138. The summed E-state index contributed by atoms with van der Waals surface area (Å²) in [6.07, 6.45) is 4.53. The van der Waals surface area contributed by atoms with Gasteiger partial charge in [0.15, 0.2) is 0 Å². The van der Waals surface area contributed by atoms with Crippen molar-refractivity contribution in [2.45, 2.75) is 31.7 Å². The van der Waals surface area contributed by atoms with Crippen molar-refractivity contribution in [2.24, 2.45) is 11.3 Å². The summed E-state index contributed by atoms with van der Waals surface area (Å²) < 4.78 is 0. The SMILES string of the molecule is CNC1CC(C(=O)N2CCC3(CCNC3)C2)C1. The van der Waals surface area contributed by atoms with Gasteiger partial charge in [0.1, 0.15) is 0 Å². The topological polar surface area (TPSA) is 44.4 Å². The first-order valence-corrected chi connectivity index (χ1v) is 6.89. The summed E-state index contributed by atoms with van der Waals surface area (Å²) in [4.78, 5) is 14.4. The molecule has 0 bridgehead atoms. The maximum absolute atomic E-state index is 12.3. The average molecular weight is 237 g/mol. The molecule has 1 unspecified atom stereocenters. The second-order valence-corrected chi connectivity index (χ2v) is 6.09. The molecule has 2 saturated heterocycles. The van der Waals surface area contributed by atoms with Gasteiger partial charge in [0.2, 0.25) is 5.91 Å². The van der Waals surface area contributed by atoms with E-state index < -0.39 is 0 Å². The lowest BCUT2D eigenvalue weighted by Gasteiger charge is -2.36. The number of likely N-dealkylation sites (tertiary alicyclic amines) is 1. The van der Waals surface area contributed by atoms with Gasteiger partial charge in [0.25, 0.3) is 0 Å². The normalized spacial score (nSPS) is 40.9. The van der Waals surface area contributed by atoms with Gasteiger partial charge >= 0.3 is 0 Å². The van der Waals surface area contributed by atoms with Gasteiger partial charge in [-0.05, 0) is 39.3 Å². The number of nitrogens with one attached hydrogen (secondary N) is 2. The molecular formula is C13H23N3O. The highest BCUT2D eigenvalue weighted by molar-refractivity contribution is 5.80. The molecule has 0 aromatic rings. The maximum atomic E-state index is 12.3. The minimum Gasteiger partial charge on any atom is -0.342 e. The van der Waals surface area contributed by atoms with E-state index >= 15 is 0 Å². The molecule has 3 rings (SSSR count). The van der Waals surface area contributed by atoms with E-state index in [2.05, 4.69) is 15.5 Å². The first kappa shape index (κ1) is 11.5. The Labute approximate surface area is 103 Å². The summed E-state index contributed by atoms with van der Waals surface area (Å²) >= 11 is 0. The Morgan fingerprint density at radius 2 is 2.24 bits per heavy atom. The summed E-state index contributed by atoms with van der Waals surface area (Å²) in [7, 11) is 1.99. The summed E-state index contributed by atoms with van der Waals surface area (Å²) in [6, 6.07) is 0.577. The Kier molecular flexibility index (Phi) is 2.87. The van der Waals surface area contributed by atoms with E-state index in [9.17, 15) is 4.79 Å².